The van der Waals surface area contributed by atoms with Crippen molar-refractivity contribution in [2.75, 3.05) is 13.1 Å². The predicted molar refractivity (Wildman–Crippen MR) is 91.6 cm³/mol. The van der Waals surface area contributed by atoms with Gasteiger partial charge in [0, 0.05) is 31.4 Å². The van der Waals surface area contributed by atoms with Crippen LogP contribution in [0.4, 0.5) is 0 Å². The van der Waals surface area contributed by atoms with Crippen LogP contribution in [0.5, 0.6) is 0 Å². The summed E-state index contributed by atoms with van der Waals surface area (Å²) in [6.07, 6.45) is 1.80. The highest BCUT2D eigenvalue weighted by Crippen LogP contribution is 2.24. The van der Waals surface area contributed by atoms with Crippen LogP contribution in [0.2, 0.25) is 0 Å². The summed E-state index contributed by atoms with van der Waals surface area (Å²) in [4.78, 5) is 11.9. The number of carbonyl (C=O) groups excluding carboxylic acids is 1. The van der Waals surface area contributed by atoms with Crippen LogP contribution in [-0.4, -0.2) is 28.8 Å². The molecule has 5 nitrogen and oxygen atoms in total. The van der Waals surface area contributed by atoms with Crippen LogP contribution in [0.3, 0.4) is 0 Å². The number of nitrogens with one attached hydrogen (secondary N) is 2. The Kier molecular flexibility index (Phi) is 6.87. The fourth-order valence-corrected chi connectivity index (χ4v) is 2.57. The topological polar surface area (TPSA) is 59.0 Å². The van der Waals surface area contributed by atoms with Gasteiger partial charge < -0.3 is 10.6 Å². The van der Waals surface area contributed by atoms with E-state index in [0.717, 1.165) is 29.9 Å². The molecule has 0 spiro atoms. The van der Waals surface area contributed by atoms with Crippen molar-refractivity contribution >= 4 is 30.7 Å². The molecule has 0 aliphatic carbocycles. The number of piperazine rings is 1. The number of aromatic nitrogens is 2. The molecule has 1 unspecified atom stereocenters. The summed E-state index contributed by atoms with van der Waals surface area (Å²) in [5.41, 5.74) is 3.15. The highest BCUT2D eigenvalue weighted by Gasteiger charge is 2.23. The monoisotopic (exact) mass is 342 g/mol. The van der Waals surface area contributed by atoms with Crippen molar-refractivity contribution in [3.05, 3.63) is 42.1 Å². The van der Waals surface area contributed by atoms with Gasteiger partial charge in [0.15, 0.2) is 0 Å². The second-order valence-corrected chi connectivity index (χ2v) is 4.84. The molecule has 120 valence electrons. The molecule has 1 amide bonds. The van der Waals surface area contributed by atoms with Crippen molar-refractivity contribution in [1.29, 1.82) is 0 Å². The molecular formula is C15H20Cl2N4O. The van der Waals surface area contributed by atoms with Crippen LogP contribution in [0.1, 0.15) is 18.5 Å². The number of amides is 1. The second kappa shape index (κ2) is 8.17. The first-order valence-corrected chi connectivity index (χ1v) is 6.93. The number of nitrogens with zero attached hydrogens (tertiary/aromatic N) is 2. The SMILES string of the molecule is CCn1nccc1-c1cccc(C2NCCNC2=O)c1.Cl.Cl. The molecule has 1 fully saturated rings. The molecule has 0 bridgehead atoms. The van der Waals surface area contributed by atoms with E-state index in [1.54, 1.807) is 6.20 Å². The number of hydrogen-bond donors (Lipinski definition) is 2. The minimum atomic E-state index is -0.262. The van der Waals surface area contributed by atoms with Crippen LogP contribution in [0, 0.1) is 0 Å². The fourth-order valence-electron chi connectivity index (χ4n) is 2.57. The van der Waals surface area contributed by atoms with Gasteiger partial charge in [-0.15, -0.1) is 24.8 Å². The first kappa shape index (κ1) is 18.5. The molecule has 0 radical (unpaired) electrons. The van der Waals surface area contributed by atoms with Gasteiger partial charge in [0.2, 0.25) is 5.91 Å². The lowest BCUT2D eigenvalue weighted by Crippen LogP contribution is -2.47. The number of aryl methyl sites for hydroxylation is 1. The van der Waals surface area contributed by atoms with Crippen LogP contribution in [-0.2, 0) is 11.3 Å². The van der Waals surface area contributed by atoms with Gasteiger partial charge >= 0.3 is 0 Å². The average molecular weight is 343 g/mol. The summed E-state index contributed by atoms with van der Waals surface area (Å²) in [6.45, 7) is 4.39. The van der Waals surface area contributed by atoms with Gasteiger partial charge in [0.25, 0.3) is 0 Å². The van der Waals surface area contributed by atoms with Gasteiger partial charge in [0.1, 0.15) is 6.04 Å². The van der Waals surface area contributed by atoms with Crippen molar-refractivity contribution in [3.63, 3.8) is 0 Å². The van der Waals surface area contributed by atoms with Gasteiger partial charge in [-0.2, -0.15) is 5.10 Å². The van der Waals surface area contributed by atoms with Gasteiger partial charge in [-0.05, 0) is 24.6 Å². The molecule has 2 N–H and O–H groups in total. The van der Waals surface area contributed by atoms with Crippen LogP contribution in [0.25, 0.3) is 11.3 Å². The first-order valence-electron chi connectivity index (χ1n) is 6.93. The maximum Gasteiger partial charge on any atom is 0.241 e. The summed E-state index contributed by atoms with van der Waals surface area (Å²) < 4.78 is 1.95. The standard InChI is InChI=1S/C15H18N4O.2ClH/c1-2-19-13(6-7-18-19)11-4-3-5-12(10-11)14-15(20)17-9-8-16-14;;/h3-7,10,14,16H,2,8-9H2,1H3,(H,17,20);2*1H. The lowest BCUT2D eigenvalue weighted by Gasteiger charge is -2.24. The van der Waals surface area contributed by atoms with E-state index in [9.17, 15) is 4.79 Å². The van der Waals surface area contributed by atoms with E-state index in [4.69, 9.17) is 0 Å². The largest absolute Gasteiger partial charge is 0.353 e. The summed E-state index contributed by atoms with van der Waals surface area (Å²) in [5, 5.41) is 10.4. The van der Waals surface area contributed by atoms with E-state index < -0.39 is 0 Å². The Labute approximate surface area is 142 Å². The van der Waals surface area contributed by atoms with Crippen molar-refractivity contribution in [1.82, 2.24) is 20.4 Å². The van der Waals surface area contributed by atoms with E-state index in [0.29, 0.717) is 6.54 Å². The Morgan fingerprint density at radius 3 is 2.82 bits per heavy atom. The summed E-state index contributed by atoms with van der Waals surface area (Å²) in [7, 11) is 0. The first-order chi connectivity index (χ1) is 9.79. The Morgan fingerprint density at radius 2 is 2.09 bits per heavy atom. The Hall–Kier alpha value is -1.56. The molecule has 1 aliphatic rings. The molecule has 1 aromatic heterocycles. The lowest BCUT2D eigenvalue weighted by molar-refractivity contribution is -0.124. The minimum Gasteiger partial charge on any atom is -0.353 e. The van der Waals surface area contributed by atoms with E-state index in [1.807, 2.05) is 28.9 Å². The Morgan fingerprint density at radius 1 is 1.27 bits per heavy atom. The zero-order chi connectivity index (χ0) is 13.9. The fraction of sp³-hybridized carbons (Fsp3) is 0.333. The highest BCUT2D eigenvalue weighted by molar-refractivity contribution is 5.85. The second-order valence-electron chi connectivity index (χ2n) is 4.84. The van der Waals surface area contributed by atoms with Crippen LogP contribution >= 0.6 is 24.8 Å². The molecule has 3 rings (SSSR count). The molecule has 7 heteroatoms. The molecule has 1 aromatic carbocycles. The van der Waals surface area contributed by atoms with Gasteiger partial charge in [-0.25, -0.2) is 0 Å². The number of halogens is 2. The van der Waals surface area contributed by atoms with E-state index in [-0.39, 0.29) is 36.8 Å². The average Bonchev–Trinajstić information content (AvgIpc) is 2.96. The quantitative estimate of drug-likeness (QED) is 0.898. The van der Waals surface area contributed by atoms with Gasteiger partial charge in [-0.1, -0.05) is 18.2 Å². The van der Waals surface area contributed by atoms with Crippen molar-refractivity contribution in [3.8, 4) is 11.3 Å². The Balaban J connectivity index is 0.00000121. The van der Waals surface area contributed by atoms with Crippen LogP contribution < -0.4 is 10.6 Å². The molecule has 22 heavy (non-hydrogen) atoms. The van der Waals surface area contributed by atoms with Gasteiger partial charge in [0.05, 0.1) is 5.69 Å². The zero-order valence-electron chi connectivity index (χ0n) is 12.3. The van der Waals surface area contributed by atoms with Crippen molar-refractivity contribution in [2.45, 2.75) is 19.5 Å². The third kappa shape index (κ3) is 3.61. The number of carbonyl (C=O) groups is 1. The summed E-state index contributed by atoms with van der Waals surface area (Å²) in [5.74, 6) is 0.0393. The smallest absolute Gasteiger partial charge is 0.241 e. The van der Waals surface area contributed by atoms with Crippen molar-refractivity contribution < 1.29 is 4.79 Å². The van der Waals surface area contributed by atoms with Crippen LogP contribution in [0.15, 0.2) is 36.5 Å². The molecule has 0 saturated carbocycles. The third-order valence-electron chi connectivity index (χ3n) is 3.57. The predicted octanol–water partition coefficient (Wildman–Crippen LogP) is 2.17. The molecule has 1 saturated heterocycles. The minimum absolute atomic E-state index is 0. The maximum atomic E-state index is 11.9. The maximum absolute atomic E-state index is 11.9. The molecular weight excluding hydrogens is 323 g/mol. The summed E-state index contributed by atoms with van der Waals surface area (Å²) >= 11 is 0. The molecule has 2 aromatic rings. The zero-order valence-corrected chi connectivity index (χ0v) is 13.9. The molecule has 1 aliphatic heterocycles. The number of benzene rings is 1. The number of rotatable bonds is 3. The molecule has 1 atom stereocenters. The summed E-state index contributed by atoms with van der Waals surface area (Å²) in [6, 6.07) is 9.82. The lowest BCUT2D eigenvalue weighted by atomic mass is 10.0. The number of hydrogen-bond acceptors (Lipinski definition) is 3. The highest BCUT2D eigenvalue weighted by atomic mass is 35.5. The van der Waals surface area contributed by atoms with Crippen molar-refractivity contribution in [2.24, 2.45) is 0 Å². The Bertz CT molecular complexity index is 630. The third-order valence-corrected chi connectivity index (χ3v) is 3.57. The normalized spacial score (nSPS) is 17.1. The van der Waals surface area contributed by atoms with Gasteiger partial charge in [-0.3, -0.25) is 9.48 Å². The van der Waals surface area contributed by atoms with E-state index in [1.165, 1.54) is 0 Å². The van der Waals surface area contributed by atoms with E-state index >= 15 is 0 Å². The molecule has 2 heterocycles. The van der Waals surface area contributed by atoms with E-state index in [2.05, 4.69) is 28.7 Å².